The van der Waals surface area contributed by atoms with Gasteiger partial charge < -0.3 is 10.2 Å². The Labute approximate surface area is 119 Å². The number of piperidine rings is 1. The number of hydrogen-bond donors (Lipinski definition) is 1. The zero-order valence-electron chi connectivity index (χ0n) is 11.8. The fraction of sp³-hybridized carbons (Fsp3) is 0.857. The van der Waals surface area contributed by atoms with Gasteiger partial charge in [-0.3, -0.25) is 0 Å². The van der Waals surface area contributed by atoms with E-state index in [1.165, 1.54) is 38.6 Å². The molecule has 0 aliphatic carbocycles. The van der Waals surface area contributed by atoms with Gasteiger partial charge in [0.2, 0.25) is 5.13 Å². The van der Waals surface area contributed by atoms with E-state index in [1.807, 2.05) is 0 Å². The molecule has 0 saturated carbocycles. The van der Waals surface area contributed by atoms with E-state index in [0.29, 0.717) is 12.1 Å². The van der Waals surface area contributed by atoms with Gasteiger partial charge in [-0.15, -0.1) is 0 Å². The zero-order valence-corrected chi connectivity index (χ0v) is 12.6. The molecule has 19 heavy (non-hydrogen) atoms. The lowest BCUT2D eigenvalue weighted by molar-refractivity contribution is 0.378. The van der Waals surface area contributed by atoms with E-state index in [-0.39, 0.29) is 0 Å². The van der Waals surface area contributed by atoms with Crippen LogP contribution in [0.1, 0.15) is 51.3 Å². The summed E-state index contributed by atoms with van der Waals surface area (Å²) in [5.41, 5.74) is 0. The van der Waals surface area contributed by atoms with Crippen LogP contribution in [0.5, 0.6) is 0 Å². The minimum Gasteiger partial charge on any atom is -0.342 e. The predicted molar refractivity (Wildman–Crippen MR) is 79.9 cm³/mol. The summed E-state index contributed by atoms with van der Waals surface area (Å²) in [6, 6.07) is 1.30. The van der Waals surface area contributed by atoms with Crippen molar-refractivity contribution >= 4 is 16.7 Å². The lowest BCUT2D eigenvalue weighted by Crippen LogP contribution is -2.50. The van der Waals surface area contributed by atoms with Gasteiger partial charge in [0, 0.05) is 36.6 Å². The second kappa shape index (κ2) is 6.18. The summed E-state index contributed by atoms with van der Waals surface area (Å²) < 4.78 is 4.51. The first-order valence-corrected chi connectivity index (χ1v) is 8.48. The third-order valence-corrected chi connectivity index (χ3v) is 5.08. The van der Waals surface area contributed by atoms with Crippen LogP contribution in [-0.4, -0.2) is 34.5 Å². The molecule has 4 nitrogen and oxygen atoms in total. The lowest BCUT2D eigenvalue weighted by Gasteiger charge is -2.38. The van der Waals surface area contributed by atoms with Gasteiger partial charge in [-0.25, -0.2) is 4.98 Å². The van der Waals surface area contributed by atoms with Crippen LogP contribution < -0.4 is 10.2 Å². The maximum Gasteiger partial charge on any atom is 0.205 e. The van der Waals surface area contributed by atoms with E-state index in [4.69, 9.17) is 4.98 Å². The van der Waals surface area contributed by atoms with Gasteiger partial charge in [0.25, 0.3) is 0 Å². The molecule has 0 amide bonds. The highest BCUT2D eigenvalue weighted by Gasteiger charge is 2.33. The highest BCUT2D eigenvalue weighted by Crippen LogP contribution is 2.30. The number of nitrogens with zero attached hydrogens (tertiary/aromatic N) is 3. The van der Waals surface area contributed by atoms with Crippen molar-refractivity contribution in [3.8, 4) is 0 Å². The number of anilines is 1. The molecule has 2 aliphatic heterocycles. The Morgan fingerprint density at radius 3 is 3.05 bits per heavy atom. The average Bonchev–Trinajstić information content (AvgIpc) is 3.10. The van der Waals surface area contributed by atoms with Crippen molar-refractivity contribution in [2.75, 3.05) is 18.0 Å². The number of aromatic nitrogens is 2. The van der Waals surface area contributed by atoms with Crippen LogP contribution in [0.3, 0.4) is 0 Å². The van der Waals surface area contributed by atoms with Crippen LogP contribution in [0.25, 0.3) is 0 Å². The Bertz CT molecular complexity index is 400. The third-order valence-electron chi connectivity index (χ3n) is 4.29. The van der Waals surface area contributed by atoms with E-state index < -0.39 is 0 Å². The van der Waals surface area contributed by atoms with E-state index in [0.717, 1.165) is 30.3 Å². The summed E-state index contributed by atoms with van der Waals surface area (Å²) in [4.78, 5) is 7.28. The molecule has 1 N–H and O–H groups in total. The van der Waals surface area contributed by atoms with Crippen LogP contribution >= 0.6 is 11.5 Å². The number of rotatable bonds is 4. The molecule has 2 fully saturated rings. The third kappa shape index (κ3) is 2.92. The fourth-order valence-electron chi connectivity index (χ4n) is 3.34. The first-order chi connectivity index (χ1) is 9.38. The summed E-state index contributed by atoms with van der Waals surface area (Å²) in [7, 11) is 0. The molecule has 106 valence electrons. The Balaban J connectivity index is 1.74. The number of hydrogen-bond acceptors (Lipinski definition) is 5. The summed E-state index contributed by atoms with van der Waals surface area (Å²) >= 11 is 1.60. The maximum absolute atomic E-state index is 4.75. The minimum atomic E-state index is 0.638. The van der Waals surface area contributed by atoms with Crippen LogP contribution in [0.15, 0.2) is 0 Å². The normalized spacial score (nSPS) is 27.9. The van der Waals surface area contributed by atoms with Crippen LogP contribution in [0.2, 0.25) is 0 Å². The largest absolute Gasteiger partial charge is 0.342 e. The Morgan fingerprint density at radius 1 is 1.32 bits per heavy atom. The molecule has 3 rings (SSSR count). The molecule has 2 aliphatic rings. The SMILES string of the molecule is CCCc1nsc(N2CCCCC2C2CCCN2)n1. The molecule has 0 aromatic carbocycles. The smallest absolute Gasteiger partial charge is 0.205 e. The van der Waals surface area contributed by atoms with Crippen molar-refractivity contribution < 1.29 is 0 Å². The van der Waals surface area contributed by atoms with Crippen molar-refractivity contribution in [2.45, 2.75) is 64.0 Å². The molecule has 0 spiro atoms. The molecule has 0 radical (unpaired) electrons. The summed E-state index contributed by atoms with van der Waals surface area (Å²) in [6.07, 6.45) is 8.75. The maximum atomic E-state index is 4.75. The van der Waals surface area contributed by atoms with Gasteiger partial charge in [-0.05, 0) is 45.1 Å². The first-order valence-electron chi connectivity index (χ1n) is 7.71. The molecular formula is C14H24N4S. The fourth-order valence-corrected chi connectivity index (χ4v) is 4.14. The standard InChI is InChI=1S/C14H24N4S/c1-2-6-13-16-14(19-17-13)18-10-4-3-8-12(18)11-7-5-9-15-11/h11-12,15H,2-10H2,1H3. The van der Waals surface area contributed by atoms with Gasteiger partial charge in [-0.1, -0.05) is 6.92 Å². The molecular weight excluding hydrogens is 256 g/mol. The predicted octanol–water partition coefficient (Wildman–Crippen LogP) is 2.60. The van der Waals surface area contributed by atoms with Crippen LogP contribution in [0, 0.1) is 0 Å². The van der Waals surface area contributed by atoms with Crippen LogP contribution in [0.4, 0.5) is 5.13 Å². The quantitative estimate of drug-likeness (QED) is 0.920. The molecule has 1 aromatic rings. The summed E-state index contributed by atoms with van der Waals surface area (Å²) in [6.45, 7) is 4.53. The molecule has 3 heterocycles. The lowest BCUT2D eigenvalue weighted by atomic mass is 9.95. The summed E-state index contributed by atoms with van der Waals surface area (Å²) in [5, 5.41) is 4.83. The van der Waals surface area contributed by atoms with Crippen molar-refractivity contribution in [3.63, 3.8) is 0 Å². The van der Waals surface area contributed by atoms with Gasteiger partial charge in [0.15, 0.2) is 0 Å². The molecule has 2 saturated heterocycles. The van der Waals surface area contributed by atoms with E-state index in [2.05, 4.69) is 21.5 Å². The van der Waals surface area contributed by atoms with Gasteiger partial charge >= 0.3 is 0 Å². The Hall–Kier alpha value is -0.680. The number of aryl methyl sites for hydroxylation is 1. The zero-order chi connectivity index (χ0) is 13.1. The molecule has 2 atom stereocenters. The second-order valence-corrected chi connectivity index (χ2v) is 6.43. The van der Waals surface area contributed by atoms with Crippen molar-refractivity contribution in [3.05, 3.63) is 5.82 Å². The molecule has 2 unspecified atom stereocenters. The highest BCUT2D eigenvalue weighted by atomic mass is 32.1. The Morgan fingerprint density at radius 2 is 2.26 bits per heavy atom. The molecule has 0 bridgehead atoms. The average molecular weight is 280 g/mol. The van der Waals surface area contributed by atoms with Gasteiger partial charge in [-0.2, -0.15) is 4.37 Å². The van der Waals surface area contributed by atoms with Crippen molar-refractivity contribution in [2.24, 2.45) is 0 Å². The highest BCUT2D eigenvalue weighted by molar-refractivity contribution is 7.09. The van der Waals surface area contributed by atoms with Crippen LogP contribution in [-0.2, 0) is 6.42 Å². The molecule has 1 aromatic heterocycles. The Kier molecular flexibility index (Phi) is 4.33. The van der Waals surface area contributed by atoms with E-state index in [1.54, 1.807) is 11.5 Å². The van der Waals surface area contributed by atoms with E-state index >= 15 is 0 Å². The van der Waals surface area contributed by atoms with Crippen molar-refractivity contribution in [1.29, 1.82) is 0 Å². The topological polar surface area (TPSA) is 41.1 Å². The monoisotopic (exact) mass is 280 g/mol. The van der Waals surface area contributed by atoms with Crippen molar-refractivity contribution in [1.82, 2.24) is 14.7 Å². The molecule has 5 heteroatoms. The number of nitrogens with one attached hydrogen (secondary N) is 1. The van der Waals surface area contributed by atoms with Gasteiger partial charge in [0.1, 0.15) is 5.82 Å². The first kappa shape index (κ1) is 13.3. The summed E-state index contributed by atoms with van der Waals surface area (Å²) in [5.74, 6) is 1.03. The van der Waals surface area contributed by atoms with Gasteiger partial charge in [0.05, 0.1) is 0 Å². The van der Waals surface area contributed by atoms with E-state index in [9.17, 15) is 0 Å². The second-order valence-electron chi connectivity index (χ2n) is 5.70. The minimum absolute atomic E-state index is 0.638.